The zero-order valence-electron chi connectivity index (χ0n) is 10.8. The summed E-state index contributed by atoms with van der Waals surface area (Å²) in [5.74, 6) is 0.766. The summed E-state index contributed by atoms with van der Waals surface area (Å²) in [7, 11) is 1.60. The minimum atomic E-state index is -0.482. The molecule has 1 fully saturated rings. The summed E-state index contributed by atoms with van der Waals surface area (Å²) in [5, 5.41) is 2.74. The number of nitrogens with one attached hydrogen (secondary N) is 1. The van der Waals surface area contributed by atoms with Gasteiger partial charge >= 0.3 is 6.09 Å². The molecule has 104 valence electrons. The van der Waals surface area contributed by atoms with Crippen LogP contribution < -0.4 is 15.8 Å². The predicted octanol–water partition coefficient (Wildman–Crippen LogP) is 0.649. The molecule has 0 spiro atoms. The number of amides is 1. The first-order valence-corrected chi connectivity index (χ1v) is 6.03. The number of methoxy groups -OCH3 is 1. The number of nitrogens with two attached hydrogens (primary N) is 1. The van der Waals surface area contributed by atoms with E-state index in [1.807, 2.05) is 24.3 Å². The molecule has 0 radical (unpaired) electrons. The van der Waals surface area contributed by atoms with Crippen LogP contribution in [0.5, 0.6) is 5.75 Å². The van der Waals surface area contributed by atoms with E-state index < -0.39 is 11.6 Å². The van der Waals surface area contributed by atoms with Crippen molar-refractivity contribution in [3.63, 3.8) is 0 Å². The molecule has 0 unspecified atom stereocenters. The van der Waals surface area contributed by atoms with E-state index in [0.29, 0.717) is 19.8 Å². The van der Waals surface area contributed by atoms with Gasteiger partial charge < -0.3 is 25.3 Å². The molecule has 6 nitrogen and oxygen atoms in total. The highest BCUT2D eigenvalue weighted by Gasteiger charge is 2.39. The summed E-state index contributed by atoms with van der Waals surface area (Å²) < 4.78 is 15.2. The Morgan fingerprint density at radius 2 is 2.11 bits per heavy atom. The highest BCUT2D eigenvalue weighted by molar-refractivity contribution is 5.68. The highest BCUT2D eigenvalue weighted by Crippen LogP contribution is 2.16. The van der Waals surface area contributed by atoms with Crippen molar-refractivity contribution < 1.29 is 19.0 Å². The van der Waals surface area contributed by atoms with Crippen molar-refractivity contribution in [2.75, 3.05) is 26.9 Å². The third-order valence-corrected chi connectivity index (χ3v) is 3.04. The van der Waals surface area contributed by atoms with Crippen LogP contribution in [0.4, 0.5) is 4.79 Å². The van der Waals surface area contributed by atoms with Crippen LogP contribution in [0.2, 0.25) is 0 Å². The van der Waals surface area contributed by atoms with Gasteiger partial charge in [-0.05, 0) is 17.7 Å². The quantitative estimate of drug-likeness (QED) is 0.817. The number of rotatable bonds is 5. The largest absolute Gasteiger partial charge is 0.497 e. The third-order valence-electron chi connectivity index (χ3n) is 3.04. The number of benzene rings is 1. The second-order valence-electron chi connectivity index (χ2n) is 4.53. The van der Waals surface area contributed by atoms with Crippen molar-refractivity contribution in [1.82, 2.24) is 5.32 Å². The van der Waals surface area contributed by atoms with E-state index in [9.17, 15) is 4.79 Å². The van der Waals surface area contributed by atoms with Crippen LogP contribution in [0, 0.1) is 0 Å². The molecular formula is C13H18N2O4. The van der Waals surface area contributed by atoms with Gasteiger partial charge in [0.1, 0.15) is 17.9 Å². The third kappa shape index (κ3) is 3.36. The van der Waals surface area contributed by atoms with Gasteiger partial charge in [-0.15, -0.1) is 0 Å². The Morgan fingerprint density at radius 3 is 2.58 bits per heavy atom. The molecule has 0 aromatic heterocycles. The van der Waals surface area contributed by atoms with Gasteiger partial charge in [-0.2, -0.15) is 0 Å². The van der Waals surface area contributed by atoms with Gasteiger partial charge in [0.25, 0.3) is 0 Å². The standard InChI is InChI=1S/C13H18N2O4/c1-17-11-4-2-10(3-5-11)6-19-12(16)15-13(7-14)8-18-9-13/h2-5H,6-9,14H2,1H3,(H,15,16). The van der Waals surface area contributed by atoms with Gasteiger partial charge in [0.15, 0.2) is 0 Å². The fourth-order valence-corrected chi connectivity index (χ4v) is 1.71. The molecule has 0 saturated carbocycles. The molecule has 1 aromatic rings. The van der Waals surface area contributed by atoms with Crippen LogP contribution in [0.1, 0.15) is 5.56 Å². The Bertz CT molecular complexity index is 423. The lowest BCUT2D eigenvalue weighted by atomic mass is 9.98. The summed E-state index contributed by atoms with van der Waals surface area (Å²) in [6.45, 7) is 1.41. The van der Waals surface area contributed by atoms with Crippen LogP contribution in [-0.2, 0) is 16.1 Å². The normalized spacial score (nSPS) is 16.3. The second-order valence-corrected chi connectivity index (χ2v) is 4.53. The van der Waals surface area contributed by atoms with Gasteiger partial charge in [-0.1, -0.05) is 12.1 Å². The SMILES string of the molecule is COc1ccc(COC(=O)NC2(CN)COC2)cc1. The van der Waals surface area contributed by atoms with Crippen molar-refractivity contribution in [3.05, 3.63) is 29.8 Å². The summed E-state index contributed by atoms with van der Waals surface area (Å²) in [4.78, 5) is 11.6. The Morgan fingerprint density at radius 1 is 1.42 bits per heavy atom. The molecule has 0 bridgehead atoms. The molecular weight excluding hydrogens is 248 g/mol. The second kappa shape index (κ2) is 5.90. The number of hydrogen-bond donors (Lipinski definition) is 2. The van der Waals surface area contributed by atoms with Crippen LogP contribution in [0.25, 0.3) is 0 Å². The highest BCUT2D eigenvalue weighted by atomic mass is 16.6. The maximum absolute atomic E-state index is 11.6. The molecule has 1 saturated heterocycles. The molecule has 3 N–H and O–H groups in total. The zero-order chi connectivity index (χ0) is 13.7. The lowest BCUT2D eigenvalue weighted by Gasteiger charge is -2.40. The number of ether oxygens (including phenoxy) is 3. The van der Waals surface area contributed by atoms with Crippen LogP contribution in [-0.4, -0.2) is 38.5 Å². The molecule has 19 heavy (non-hydrogen) atoms. The molecule has 0 atom stereocenters. The summed E-state index contributed by atoms with van der Waals surface area (Å²) in [6.07, 6.45) is -0.482. The maximum Gasteiger partial charge on any atom is 0.408 e. The van der Waals surface area contributed by atoms with Crippen LogP contribution in [0.15, 0.2) is 24.3 Å². The zero-order valence-corrected chi connectivity index (χ0v) is 10.8. The molecule has 2 rings (SSSR count). The first-order chi connectivity index (χ1) is 9.17. The van der Waals surface area contributed by atoms with Crippen molar-refractivity contribution in [3.8, 4) is 5.75 Å². The van der Waals surface area contributed by atoms with E-state index in [4.69, 9.17) is 19.9 Å². The van der Waals surface area contributed by atoms with Gasteiger partial charge in [0.05, 0.1) is 20.3 Å². The Hall–Kier alpha value is -1.79. The van der Waals surface area contributed by atoms with E-state index in [2.05, 4.69) is 5.32 Å². The summed E-state index contributed by atoms with van der Waals surface area (Å²) >= 11 is 0. The van der Waals surface area contributed by atoms with Gasteiger partial charge in [0, 0.05) is 6.54 Å². The number of hydrogen-bond acceptors (Lipinski definition) is 5. The average Bonchev–Trinajstić information content (AvgIpc) is 2.41. The van der Waals surface area contributed by atoms with Gasteiger partial charge in [0.2, 0.25) is 0 Å². The van der Waals surface area contributed by atoms with Crippen molar-refractivity contribution in [2.24, 2.45) is 5.73 Å². The summed E-state index contributed by atoms with van der Waals surface area (Å²) in [6, 6.07) is 7.32. The molecule has 1 amide bonds. The molecule has 1 aliphatic rings. The van der Waals surface area contributed by atoms with Crippen molar-refractivity contribution >= 4 is 6.09 Å². The number of carbonyl (C=O) groups excluding carboxylic acids is 1. The predicted molar refractivity (Wildman–Crippen MR) is 68.9 cm³/mol. The fourth-order valence-electron chi connectivity index (χ4n) is 1.71. The lowest BCUT2D eigenvalue weighted by Crippen LogP contribution is -2.66. The average molecular weight is 266 g/mol. The monoisotopic (exact) mass is 266 g/mol. The van der Waals surface area contributed by atoms with Gasteiger partial charge in [-0.3, -0.25) is 0 Å². The maximum atomic E-state index is 11.6. The molecule has 0 aliphatic carbocycles. The minimum absolute atomic E-state index is 0.206. The first kappa shape index (κ1) is 13.6. The molecule has 1 aromatic carbocycles. The fraction of sp³-hybridized carbons (Fsp3) is 0.462. The Kier molecular flexibility index (Phi) is 4.24. The number of alkyl carbamates (subject to hydrolysis) is 1. The van der Waals surface area contributed by atoms with E-state index in [-0.39, 0.29) is 6.61 Å². The number of carbonyl (C=O) groups is 1. The van der Waals surface area contributed by atoms with Gasteiger partial charge in [-0.25, -0.2) is 4.79 Å². The van der Waals surface area contributed by atoms with Crippen LogP contribution >= 0.6 is 0 Å². The lowest BCUT2D eigenvalue weighted by molar-refractivity contribution is -0.0670. The van der Waals surface area contributed by atoms with E-state index in [1.54, 1.807) is 7.11 Å². The van der Waals surface area contributed by atoms with E-state index in [1.165, 1.54) is 0 Å². The Balaban J connectivity index is 1.79. The van der Waals surface area contributed by atoms with Crippen molar-refractivity contribution in [1.29, 1.82) is 0 Å². The van der Waals surface area contributed by atoms with E-state index in [0.717, 1.165) is 11.3 Å². The Labute approximate surface area is 111 Å². The molecule has 6 heteroatoms. The molecule has 1 aliphatic heterocycles. The van der Waals surface area contributed by atoms with Crippen molar-refractivity contribution in [2.45, 2.75) is 12.1 Å². The summed E-state index contributed by atoms with van der Waals surface area (Å²) in [5.41, 5.74) is 6.02. The first-order valence-electron chi connectivity index (χ1n) is 6.03. The minimum Gasteiger partial charge on any atom is -0.497 e. The topological polar surface area (TPSA) is 82.8 Å². The molecule has 1 heterocycles. The van der Waals surface area contributed by atoms with Crippen LogP contribution in [0.3, 0.4) is 0 Å². The van der Waals surface area contributed by atoms with E-state index >= 15 is 0 Å². The smallest absolute Gasteiger partial charge is 0.408 e.